The Labute approximate surface area is 142 Å². The van der Waals surface area contributed by atoms with Crippen LogP contribution in [0.1, 0.15) is 23.7 Å². The molecule has 0 aliphatic heterocycles. The lowest BCUT2D eigenvalue weighted by Crippen LogP contribution is -2.05. The topological polar surface area (TPSA) is 69.7 Å². The Bertz CT molecular complexity index is 794. The molecule has 0 aromatic heterocycles. The van der Waals surface area contributed by atoms with Gasteiger partial charge in [-0.1, -0.05) is 12.1 Å². The second kappa shape index (κ2) is 7.97. The van der Waals surface area contributed by atoms with E-state index in [9.17, 15) is 13.2 Å². The molecule has 0 bridgehead atoms. The van der Waals surface area contributed by atoms with E-state index in [4.69, 9.17) is 9.47 Å². The molecule has 24 heavy (non-hydrogen) atoms. The van der Waals surface area contributed by atoms with Crippen molar-refractivity contribution in [2.45, 2.75) is 18.2 Å². The van der Waals surface area contributed by atoms with Crippen molar-refractivity contribution in [1.82, 2.24) is 0 Å². The lowest BCUT2D eigenvalue weighted by Gasteiger charge is -2.09. The number of Topliss-reactive ketones (excluding diaryl/α,β-unsaturated/α-hetero) is 1. The van der Waals surface area contributed by atoms with Crippen molar-refractivity contribution in [2.24, 2.45) is 0 Å². The summed E-state index contributed by atoms with van der Waals surface area (Å²) in [4.78, 5) is 11.6. The van der Waals surface area contributed by atoms with Crippen LogP contribution in [0, 0.1) is 0 Å². The van der Waals surface area contributed by atoms with Gasteiger partial charge in [-0.2, -0.15) is 0 Å². The monoisotopic (exact) mass is 348 g/mol. The smallest absolute Gasteiger partial charge is 0.175 e. The summed E-state index contributed by atoms with van der Waals surface area (Å²) in [6.45, 7) is 2.43. The van der Waals surface area contributed by atoms with Gasteiger partial charge in [0, 0.05) is 18.2 Å². The van der Waals surface area contributed by atoms with Gasteiger partial charge in [-0.05, 0) is 43.3 Å². The number of hydrogen-bond acceptors (Lipinski definition) is 5. The number of ketones is 1. The van der Waals surface area contributed by atoms with E-state index in [1.54, 1.807) is 36.4 Å². The quantitative estimate of drug-likeness (QED) is 0.541. The van der Waals surface area contributed by atoms with Crippen molar-refractivity contribution in [2.75, 3.05) is 19.5 Å². The molecular formula is C18H20O5S. The zero-order chi connectivity index (χ0) is 17.6. The molecule has 5 nitrogen and oxygen atoms in total. The van der Waals surface area contributed by atoms with Crippen LogP contribution in [0.5, 0.6) is 11.5 Å². The first-order valence-corrected chi connectivity index (χ1v) is 9.42. The maximum Gasteiger partial charge on any atom is 0.175 e. The zero-order valence-electron chi connectivity index (χ0n) is 13.7. The van der Waals surface area contributed by atoms with Crippen LogP contribution in [0.2, 0.25) is 0 Å². The molecule has 0 spiro atoms. The maximum absolute atomic E-state index is 11.4. The maximum atomic E-state index is 11.4. The van der Waals surface area contributed by atoms with Crippen LogP contribution < -0.4 is 9.47 Å². The summed E-state index contributed by atoms with van der Waals surface area (Å²) in [6.07, 6.45) is 1.83. The van der Waals surface area contributed by atoms with E-state index in [1.165, 1.54) is 25.3 Å². The summed E-state index contributed by atoms with van der Waals surface area (Å²) >= 11 is 0. The molecule has 2 aromatic rings. The molecule has 6 heteroatoms. The Morgan fingerprint density at radius 3 is 2.17 bits per heavy atom. The first-order chi connectivity index (χ1) is 11.4. The van der Waals surface area contributed by atoms with Crippen LogP contribution in [-0.2, 0) is 9.84 Å². The number of ether oxygens (including phenoxy) is 2. The van der Waals surface area contributed by atoms with Crippen molar-refractivity contribution in [3.8, 4) is 11.5 Å². The summed E-state index contributed by atoms with van der Waals surface area (Å²) in [5, 5.41) is 0. The fourth-order valence-corrected chi connectivity index (χ4v) is 2.66. The molecular weight excluding hydrogens is 328 g/mol. The SMILES string of the molecule is CC(=O)c1cccc(OCCCOc2ccc(S(C)(=O)=O)cc2)c1. The zero-order valence-corrected chi connectivity index (χ0v) is 14.5. The number of benzene rings is 2. The molecule has 0 aliphatic carbocycles. The molecule has 0 unspecified atom stereocenters. The molecule has 128 valence electrons. The Kier molecular flexibility index (Phi) is 5.98. The molecule has 0 amide bonds. The molecule has 0 fully saturated rings. The number of carbonyl (C=O) groups excluding carboxylic acids is 1. The highest BCUT2D eigenvalue weighted by Gasteiger charge is 2.06. The summed E-state index contributed by atoms with van der Waals surface area (Å²) in [7, 11) is -3.19. The van der Waals surface area contributed by atoms with Gasteiger partial charge in [-0.15, -0.1) is 0 Å². The highest BCUT2D eigenvalue weighted by Crippen LogP contribution is 2.16. The third-order valence-corrected chi connectivity index (χ3v) is 4.45. The van der Waals surface area contributed by atoms with Crippen molar-refractivity contribution < 1.29 is 22.7 Å². The van der Waals surface area contributed by atoms with Gasteiger partial charge in [0.2, 0.25) is 0 Å². The van der Waals surface area contributed by atoms with Gasteiger partial charge in [-0.3, -0.25) is 4.79 Å². The molecule has 0 aliphatic rings. The van der Waals surface area contributed by atoms with Crippen LogP contribution in [0.15, 0.2) is 53.4 Å². The summed E-state index contributed by atoms with van der Waals surface area (Å²) in [5.41, 5.74) is 0.620. The third kappa shape index (κ3) is 5.38. The number of sulfone groups is 1. The molecule has 0 heterocycles. The van der Waals surface area contributed by atoms with Gasteiger partial charge in [-0.25, -0.2) is 8.42 Å². The Morgan fingerprint density at radius 2 is 1.58 bits per heavy atom. The fourth-order valence-electron chi connectivity index (χ4n) is 2.03. The number of hydrogen-bond donors (Lipinski definition) is 0. The van der Waals surface area contributed by atoms with Gasteiger partial charge in [0.15, 0.2) is 15.6 Å². The number of rotatable bonds is 8. The Balaban J connectivity index is 1.75. The van der Waals surface area contributed by atoms with Gasteiger partial charge in [0.25, 0.3) is 0 Å². The minimum Gasteiger partial charge on any atom is -0.493 e. The van der Waals surface area contributed by atoms with Crippen LogP contribution >= 0.6 is 0 Å². The normalized spacial score (nSPS) is 11.1. The van der Waals surface area contributed by atoms with Gasteiger partial charge in [0.1, 0.15) is 11.5 Å². The molecule has 0 atom stereocenters. The van der Waals surface area contributed by atoms with Crippen molar-refractivity contribution in [1.29, 1.82) is 0 Å². The van der Waals surface area contributed by atoms with E-state index in [2.05, 4.69) is 0 Å². The predicted octanol–water partition coefficient (Wildman–Crippen LogP) is 3.14. The lowest BCUT2D eigenvalue weighted by atomic mass is 10.1. The van der Waals surface area contributed by atoms with Crippen molar-refractivity contribution >= 4 is 15.6 Å². The Hall–Kier alpha value is -2.34. The second-order valence-electron chi connectivity index (χ2n) is 5.38. The molecule has 2 rings (SSSR count). The van der Waals surface area contributed by atoms with Crippen LogP contribution in [-0.4, -0.2) is 33.7 Å². The Morgan fingerprint density at radius 1 is 0.958 bits per heavy atom. The summed E-state index contributed by atoms with van der Waals surface area (Å²) in [6, 6.07) is 13.4. The minimum atomic E-state index is -3.19. The highest BCUT2D eigenvalue weighted by molar-refractivity contribution is 7.90. The molecule has 0 saturated heterocycles. The van der Waals surface area contributed by atoms with E-state index >= 15 is 0 Å². The van der Waals surface area contributed by atoms with Crippen molar-refractivity contribution in [3.63, 3.8) is 0 Å². The van der Waals surface area contributed by atoms with Crippen LogP contribution in [0.25, 0.3) is 0 Å². The van der Waals surface area contributed by atoms with E-state index in [0.717, 1.165) is 0 Å². The average molecular weight is 348 g/mol. The summed E-state index contributed by atoms with van der Waals surface area (Å²) < 4.78 is 33.9. The molecule has 0 saturated carbocycles. The van der Waals surface area contributed by atoms with E-state index in [1.807, 2.05) is 0 Å². The molecule has 0 N–H and O–H groups in total. The predicted molar refractivity (Wildman–Crippen MR) is 91.6 cm³/mol. The van der Waals surface area contributed by atoms with Gasteiger partial charge < -0.3 is 9.47 Å². The standard InChI is InChI=1S/C18H20O5S/c1-14(19)15-5-3-6-17(13-15)23-12-4-11-22-16-7-9-18(10-8-16)24(2,20)21/h3,5-10,13H,4,11-12H2,1-2H3. The second-order valence-corrected chi connectivity index (χ2v) is 7.39. The first kappa shape index (κ1) is 18.0. The fraction of sp³-hybridized carbons (Fsp3) is 0.278. The minimum absolute atomic E-state index is 0.00123. The van der Waals surface area contributed by atoms with E-state index in [0.29, 0.717) is 36.7 Å². The van der Waals surface area contributed by atoms with Gasteiger partial charge in [0.05, 0.1) is 18.1 Å². The largest absolute Gasteiger partial charge is 0.493 e. The molecule has 0 radical (unpaired) electrons. The first-order valence-electron chi connectivity index (χ1n) is 7.53. The van der Waals surface area contributed by atoms with Crippen LogP contribution in [0.4, 0.5) is 0 Å². The van der Waals surface area contributed by atoms with E-state index in [-0.39, 0.29) is 10.7 Å². The number of carbonyl (C=O) groups is 1. The van der Waals surface area contributed by atoms with Crippen molar-refractivity contribution in [3.05, 3.63) is 54.1 Å². The van der Waals surface area contributed by atoms with Crippen LogP contribution in [0.3, 0.4) is 0 Å². The van der Waals surface area contributed by atoms with Gasteiger partial charge >= 0.3 is 0 Å². The third-order valence-electron chi connectivity index (χ3n) is 3.32. The summed E-state index contributed by atoms with van der Waals surface area (Å²) in [5.74, 6) is 1.27. The average Bonchev–Trinajstić information content (AvgIpc) is 2.54. The molecule has 2 aromatic carbocycles. The van der Waals surface area contributed by atoms with E-state index < -0.39 is 9.84 Å². The lowest BCUT2D eigenvalue weighted by molar-refractivity contribution is 0.101. The highest BCUT2D eigenvalue weighted by atomic mass is 32.2.